The van der Waals surface area contributed by atoms with Gasteiger partial charge in [-0.1, -0.05) is 39.3 Å². The van der Waals surface area contributed by atoms with Crippen LogP contribution in [0.4, 0.5) is 15.0 Å². The molecule has 0 unspecified atom stereocenters. The van der Waals surface area contributed by atoms with E-state index in [0.29, 0.717) is 58.3 Å². The molecule has 0 radical (unpaired) electrons. The molecule has 3 heterocycles. The number of hydrogen-bond donors (Lipinski definition) is 1. The number of fused-ring (bicyclic) bond motifs is 1. The van der Waals surface area contributed by atoms with Crippen LogP contribution in [0.25, 0.3) is 11.4 Å². The van der Waals surface area contributed by atoms with Gasteiger partial charge in [0.15, 0.2) is 5.82 Å². The Morgan fingerprint density at radius 3 is 2.28 bits per heavy atom. The van der Waals surface area contributed by atoms with E-state index in [9.17, 15) is 23.6 Å². The van der Waals surface area contributed by atoms with Crippen LogP contribution in [-0.4, -0.2) is 102 Å². The minimum Gasteiger partial charge on any atom is -0.466 e. The van der Waals surface area contributed by atoms with Gasteiger partial charge in [0.1, 0.15) is 23.4 Å². The monoisotopic (exact) mass is 638 g/mol. The summed E-state index contributed by atoms with van der Waals surface area (Å²) in [6.45, 7) is 10.6. The van der Waals surface area contributed by atoms with Gasteiger partial charge in [-0.25, -0.2) is 19.2 Å². The summed E-state index contributed by atoms with van der Waals surface area (Å²) in [7, 11) is 0. The van der Waals surface area contributed by atoms with Crippen molar-refractivity contribution in [2.45, 2.75) is 46.6 Å². The van der Waals surface area contributed by atoms with E-state index in [1.165, 1.54) is 6.07 Å². The zero-order valence-corrected chi connectivity index (χ0v) is 26.9. The summed E-state index contributed by atoms with van der Waals surface area (Å²) in [6, 6.07) is 6.78. The number of carbonyl (C=O) groups excluding carboxylic acids is 4. The fourth-order valence-electron chi connectivity index (χ4n) is 6.21. The Morgan fingerprint density at radius 2 is 1.65 bits per heavy atom. The Balaban J connectivity index is 1.30. The van der Waals surface area contributed by atoms with Crippen LogP contribution < -0.4 is 10.2 Å². The highest BCUT2D eigenvalue weighted by Crippen LogP contribution is 2.53. The lowest BCUT2D eigenvalue weighted by molar-refractivity contribution is -0.145. The summed E-state index contributed by atoms with van der Waals surface area (Å²) >= 11 is 0. The summed E-state index contributed by atoms with van der Waals surface area (Å²) in [4.78, 5) is 66.2. The van der Waals surface area contributed by atoms with Gasteiger partial charge in [0.05, 0.1) is 24.7 Å². The zero-order chi connectivity index (χ0) is 33.0. The second-order valence-electron chi connectivity index (χ2n) is 12.4. The lowest BCUT2D eigenvalue weighted by Crippen LogP contribution is -2.57. The lowest BCUT2D eigenvalue weighted by atomic mass is 10.0. The molecular formula is C33H43FN6O6. The van der Waals surface area contributed by atoms with Crippen LogP contribution in [-0.2, 0) is 19.1 Å². The highest BCUT2D eigenvalue weighted by atomic mass is 19.1. The number of piperazine rings is 1. The Kier molecular flexibility index (Phi) is 10.4. The average Bonchev–Trinajstić information content (AvgIpc) is 3.56. The molecule has 3 aliphatic rings. The number of anilines is 1. The summed E-state index contributed by atoms with van der Waals surface area (Å²) in [5.74, 6) is -1.18. The molecule has 2 aliphatic heterocycles. The summed E-state index contributed by atoms with van der Waals surface area (Å²) in [5, 5.41) is 2.86. The lowest BCUT2D eigenvalue weighted by Gasteiger charge is -2.36. The van der Waals surface area contributed by atoms with E-state index < -0.39 is 17.8 Å². The highest BCUT2D eigenvalue weighted by Gasteiger charge is 2.60. The number of hydrogen-bond acceptors (Lipinski definition) is 9. The molecule has 1 saturated carbocycles. The minimum absolute atomic E-state index is 0.00358. The van der Waals surface area contributed by atoms with Gasteiger partial charge >= 0.3 is 12.1 Å². The average molecular weight is 639 g/mol. The number of amides is 3. The van der Waals surface area contributed by atoms with Crippen LogP contribution in [0.15, 0.2) is 30.3 Å². The first-order valence-corrected chi connectivity index (χ1v) is 16.2. The fraction of sp³-hybridized carbons (Fsp3) is 0.576. The number of piperidine rings is 1. The van der Waals surface area contributed by atoms with Crippen LogP contribution in [0.1, 0.15) is 51.0 Å². The quantitative estimate of drug-likeness (QED) is 0.291. The second kappa shape index (κ2) is 14.4. The Hall–Kier alpha value is -4.29. The third-order valence-electron chi connectivity index (χ3n) is 8.93. The first-order chi connectivity index (χ1) is 22.1. The van der Waals surface area contributed by atoms with Crippen LogP contribution >= 0.6 is 0 Å². The summed E-state index contributed by atoms with van der Waals surface area (Å²) in [5.41, 5.74) is 0.151. The van der Waals surface area contributed by atoms with Crippen molar-refractivity contribution >= 4 is 29.7 Å². The van der Waals surface area contributed by atoms with Crippen molar-refractivity contribution in [1.82, 2.24) is 25.1 Å². The number of ether oxygens (including phenoxy) is 2. The van der Waals surface area contributed by atoms with Crippen molar-refractivity contribution in [3.63, 3.8) is 0 Å². The molecule has 0 bridgehead atoms. The molecule has 2 saturated heterocycles. The molecule has 46 heavy (non-hydrogen) atoms. The molecule has 12 nitrogen and oxygen atoms in total. The molecule has 3 fully saturated rings. The molecular weight excluding hydrogens is 595 g/mol. The predicted octanol–water partition coefficient (Wildman–Crippen LogP) is 3.36. The molecule has 1 N–H and O–H groups in total. The fourth-order valence-corrected chi connectivity index (χ4v) is 6.21. The van der Waals surface area contributed by atoms with Crippen LogP contribution in [0.2, 0.25) is 0 Å². The second-order valence-corrected chi connectivity index (χ2v) is 12.4. The van der Waals surface area contributed by atoms with Crippen molar-refractivity contribution in [1.29, 1.82) is 0 Å². The summed E-state index contributed by atoms with van der Waals surface area (Å²) in [6.07, 6.45) is 1.34. The van der Waals surface area contributed by atoms with Gasteiger partial charge in [-0.05, 0) is 43.2 Å². The maximum atomic E-state index is 14.9. The van der Waals surface area contributed by atoms with Gasteiger partial charge < -0.3 is 29.5 Å². The number of nitrogens with zero attached hydrogens (tertiary/aromatic N) is 5. The van der Waals surface area contributed by atoms with E-state index in [2.05, 4.69) is 15.3 Å². The zero-order valence-electron chi connectivity index (χ0n) is 26.9. The maximum Gasteiger partial charge on any atom is 0.409 e. The molecule has 1 aromatic carbocycles. The number of unbranched alkanes of at least 4 members (excludes halogenated alkanes) is 1. The van der Waals surface area contributed by atoms with Crippen molar-refractivity contribution in [3.8, 4) is 11.4 Å². The minimum atomic E-state index is -0.851. The van der Waals surface area contributed by atoms with E-state index in [4.69, 9.17) is 9.47 Å². The molecule has 248 valence electrons. The molecule has 0 spiro atoms. The Bertz CT molecular complexity index is 1440. The summed E-state index contributed by atoms with van der Waals surface area (Å²) < 4.78 is 25.4. The number of benzene rings is 1. The highest BCUT2D eigenvalue weighted by molar-refractivity contribution is 5.97. The molecule has 3 amide bonds. The number of aromatic nitrogens is 2. The smallest absolute Gasteiger partial charge is 0.409 e. The molecule has 1 aromatic heterocycles. The van der Waals surface area contributed by atoms with Crippen LogP contribution in [0, 0.1) is 29.5 Å². The van der Waals surface area contributed by atoms with Crippen molar-refractivity contribution in [3.05, 3.63) is 41.8 Å². The van der Waals surface area contributed by atoms with Gasteiger partial charge in [0.2, 0.25) is 5.91 Å². The molecule has 4 atom stereocenters. The maximum absolute atomic E-state index is 14.9. The van der Waals surface area contributed by atoms with E-state index in [1.807, 2.05) is 25.7 Å². The largest absolute Gasteiger partial charge is 0.466 e. The van der Waals surface area contributed by atoms with Crippen molar-refractivity contribution in [2.24, 2.45) is 23.7 Å². The van der Waals surface area contributed by atoms with Gasteiger partial charge in [-0.2, -0.15) is 0 Å². The first kappa shape index (κ1) is 33.1. The molecule has 1 aliphatic carbocycles. The standard InChI is InChI=1S/C33H43FN6O6/c1-5-7-16-46-33(44)39-14-12-38(13-15-39)31(42)28(20(3)4)37-30(41)25-17-26(36-29(35-25)21-10-8-9-11-24(21)34)40-18-22-23(19-40)27(22)32(43)45-6-2/h8-11,17,20,22-23,27-28H,5-7,12-16,18-19H2,1-4H3,(H,37,41)/t22-,23+,27-,28-/m0/s1. The van der Waals surface area contributed by atoms with E-state index >= 15 is 0 Å². The normalized spacial score (nSPS) is 21.1. The van der Waals surface area contributed by atoms with Crippen molar-refractivity contribution in [2.75, 3.05) is 57.4 Å². The van der Waals surface area contributed by atoms with Crippen molar-refractivity contribution < 1.29 is 33.0 Å². The van der Waals surface area contributed by atoms with Crippen LogP contribution in [0.5, 0.6) is 0 Å². The first-order valence-electron chi connectivity index (χ1n) is 16.2. The number of halogens is 1. The van der Waals surface area contributed by atoms with Gasteiger partial charge in [0, 0.05) is 45.3 Å². The Labute approximate surface area is 268 Å². The third-order valence-corrected chi connectivity index (χ3v) is 8.93. The Morgan fingerprint density at radius 1 is 0.978 bits per heavy atom. The molecule has 13 heteroatoms. The van der Waals surface area contributed by atoms with Gasteiger partial charge in [-0.3, -0.25) is 14.4 Å². The molecule has 5 rings (SSSR count). The van der Waals surface area contributed by atoms with E-state index in [1.54, 1.807) is 41.0 Å². The predicted molar refractivity (Wildman–Crippen MR) is 167 cm³/mol. The SMILES string of the molecule is CCCCOC(=O)N1CCN(C(=O)[C@@H](NC(=O)c2cc(N3C[C@@H]4[C@H](C3)[C@@H]4C(=O)OCC)nc(-c3ccccc3F)n2)C(C)C)CC1. The number of carbonyl (C=O) groups is 4. The van der Waals surface area contributed by atoms with Crippen LogP contribution in [0.3, 0.4) is 0 Å². The molecule has 2 aromatic rings. The third kappa shape index (κ3) is 7.23. The van der Waals surface area contributed by atoms with Gasteiger partial charge in [0.25, 0.3) is 5.91 Å². The van der Waals surface area contributed by atoms with Gasteiger partial charge in [-0.15, -0.1) is 0 Å². The van der Waals surface area contributed by atoms with E-state index in [-0.39, 0.29) is 58.7 Å². The topological polar surface area (TPSA) is 134 Å². The number of rotatable bonds is 11. The number of nitrogens with one attached hydrogen (secondary N) is 1. The van der Waals surface area contributed by atoms with E-state index in [0.717, 1.165) is 12.8 Å². The number of esters is 1.